The molecule has 1 unspecified atom stereocenters. The van der Waals surface area contributed by atoms with E-state index < -0.39 is 0 Å². The van der Waals surface area contributed by atoms with Crippen LogP contribution < -0.4 is 4.90 Å². The molecule has 0 fully saturated rings. The van der Waals surface area contributed by atoms with Crippen LogP contribution in [0.5, 0.6) is 0 Å². The number of carbonyl (C=O) groups excluding carboxylic acids is 1. The molecule has 1 atom stereocenters. The second-order valence-electron chi connectivity index (χ2n) is 5.37. The van der Waals surface area contributed by atoms with Gasteiger partial charge in [-0.15, -0.1) is 22.7 Å². The van der Waals surface area contributed by atoms with E-state index in [0.717, 1.165) is 22.0 Å². The normalized spacial score (nSPS) is 16.8. The van der Waals surface area contributed by atoms with Gasteiger partial charge in [0, 0.05) is 17.1 Å². The molecule has 1 aliphatic heterocycles. The van der Waals surface area contributed by atoms with Crippen molar-refractivity contribution < 1.29 is 4.79 Å². The second kappa shape index (κ2) is 5.34. The number of carbonyl (C=O) groups is 1. The first-order chi connectivity index (χ1) is 10.7. The summed E-state index contributed by atoms with van der Waals surface area (Å²) in [7, 11) is 0. The van der Waals surface area contributed by atoms with E-state index in [-0.39, 0.29) is 11.9 Å². The maximum Gasteiger partial charge on any atom is 0.278 e. The predicted octanol–water partition coefficient (Wildman–Crippen LogP) is 4.46. The van der Waals surface area contributed by atoms with Gasteiger partial charge in [0.15, 0.2) is 0 Å². The number of hydrogen-bond donors (Lipinski definition) is 0. The highest BCUT2D eigenvalue weighted by molar-refractivity contribution is 7.20. The molecule has 0 aliphatic carbocycles. The molecule has 2 aromatic heterocycles. The summed E-state index contributed by atoms with van der Waals surface area (Å²) in [5.74, 6) is -0.00324. The third kappa shape index (κ3) is 2.17. The number of amides is 1. The summed E-state index contributed by atoms with van der Waals surface area (Å²) in [6.45, 7) is 2.09. The molecule has 3 nitrogen and oxygen atoms in total. The number of fused-ring (bicyclic) bond motifs is 1. The third-order valence-corrected chi connectivity index (χ3v) is 5.76. The molecule has 4 rings (SSSR count). The lowest BCUT2D eigenvalue weighted by Gasteiger charge is -2.21. The standard InChI is InChI=1S/C17H14N2OS2/c1-11-9-12-5-2-3-6-14(12)19(11)17(20)13-10-22-16(18-13)15-7-4-8-21-15/h2-8,10-11H,9H2,1H3. The molecule has 22 heavy (non-hydrogen) atoms. The Bertz CT molecular complexity index is 823. The molecule has 1 amide bonds. The second-order valence-corrected chi connectivity index (χ2v) is 7.18. The average Bonchev–Trinajstić information content (AvgIpc) is 3.25. The minimum Gasteiger partial charge on any atom is -0.304 e. The molecule has 3 aromatic rings. The molecule has 0 saturated carbocycles. The minimum atomic E-state index is -0.00324. The Labute approximate surface area is 136 Å². The van der Waals surface area contributed by atoms with Crippen LogP contribution in [0.3, 0.4) is 0 Å². The van der Waals surface area contributed by atoms with Gasteiger partial charge in [0.2, 0.25) is 0 Å². The number of anilines is 1. The van der Waals surface area contributed by atoms with Crippen molar-refractivity contribution in [1.82, 2.24) is 4.98 Å². The highest BCUT2D eigenvalue weighted by Crippen LogP contribution is 2.34. The van der Waals surface area contributed by atoms with Crippen molar-refractivity contribution in [3.63, 3.8) is 0 Å². The Morgan fingerprint density at radius 1 is 1.23 bits per heavy atom. The summed E-state index contributed by atoms with van der Waals surface area (Å²) in [6, 6.07) is 12.3. The number of para-hydroxylation sites is 1. The fraction of sp³-hybridized carbons (Fsp3) is 0.176. The number of aromatic nitrogens is 1. The number of thiophene rings is 1. The van der Waals surface area contributed by atoms with Gasteiger partial charge in [0.25, 0.3) is 5.91 Å². The molecule has 1 aliphatic rings. The van der Waals surface area contributed by atoms with E-state index in [1.165, 1.54) is 16.9 Å². The lowest BCUT2D eigenvalue weighted by atomic mass is 10.1. The van der Waals surface area contributed by atoms with Gasteiger partial charge in [-0.25, -0.2) is 4.98 Å². The van der Waals surface area contributed by atoms with E-state index in [1.54, 1.807) is 11.3 Å². The van der Waals surface area contributed by atoms with E-state index in [1.807, 2.05) is 46.0 Å². The van der Waals surface area contributed by atoms with Gasteiger partial charge in [-0.1, -0.05) is 24.3 Å². The van der Waals surface area contributed by atoms with E-state index in [9.17, 15) is 4.79 Å². The molecule has 0 N–H and O–H groups in total. The molecule has 110 valence electrons. The number of benzene rings is 1. The van der Waals surface area contributed by atoms with Crippen LogP contribution in [0.4, 0.5) is 5.69 Å². The van der Waals surface area contributed by atoms with E-state index in [2.05, 4.69) is 18.0 Å². The highest BCUT2D eigenvalue weighted by Gasteiger charge is 2.32. The van der Waals surface area contributed by atoms with Gasteiger partial charge < -0.3 is 4.90 Å². The summed E-state index contributed by atoms with van der Waals surface area (Å²) >= 11 is 3.17. The molecule has 1 aromatic carbocycles. The van der Waals surface area contributed by atoms with Crippen molar-refractivity contribution in [1.29, 1.82) is 0 Å². The first kappa shape index (κ1) is 13.7. The fourth-order valence-corrected chi connectivity index (χ4v) is 4.49. The van der Waals surface area contributed by atoms with Crippen LogP contribution in [0.2, 0.25) is 0 Å². The van der Waals surface area contributed by atoms with Gasteiger partial charge in [0.05, 0.1) is 4.88 Å². The van der Waals surface area contributed by atoms with Crippen LogP contribution in [0, 0.1) is 0 Å². The number of hydrogen-bond acceptors (Lipinski definition) is 4. The molecule has 3 heterocycles. The zero-order chi connectivity index (χ0) is 15.1. The smallest absolute Gasteiger partial charge is 0.278 e. The molecular formula is C17H14N2OS2. The van der Waals surface area contributed by atoms with Gasteiger partial charge >= 0.3 is 0 Å². The zero-order valence-corrected chi connectivity index (χ0v) is 13.7. The van der Waals surface area contributed by atoms with Crippen molar-refractivity contribution in [2.45, 2.75) is 19.4 Å². The Morgan fingerprint density at radius 3 is 2.91 bits per heavy atom. The Balaban J connectivity index is 1.68. The van der Waals surface area contributed by atoms with Crippen molar-refractivity contribution in [3.05, 3.63) is 58.4 Å². The molecule has 5 heteroatoms. The first-order valence-electron chi connectivity index (χ1n) is 7.15. The summed E-state index contributed by atoms with van der Waals surface area (Å²) < 4.78 is 0. The molecule has 0 bridgehead atoms. The zero-order valence-electron chi connectivity index (χ0n) is 12.0. The van der Waals surface area contributed by atoms with Crippen LogP contribution in [-0.2, 0) is 6.42 Å². The maximum absolute atomic E-state index is 12.9. The lowest BCUT2D eigenvalue weighted by molar-refractivity contribution is 0.0977. The summed E-state index contributed by atoms with van der Waals surface area (Å²) in [6.07, 6.45) is 0.907. The number of nitrogens with zero attached hydrogens (tertiary/aromatic N) is 2. The SMILES string of the molecule is CC1Cc2ccccc2N1C(=O)c1csc(-c2cccs2)n1. The predicted molar refractivity (Wildman–Crippen MR) is 91.8 cm³/mol. The lowest BCUT2D eigenvalue weighted by Crippen LogP contribution is -2.35. The van der Waals surface area contributed by atoms with Gasteiger partial charge in [-0.05, 0) is 36.4 Å². The maximum atomic E-state index is 12.9. The highest BCUT2D eigenvalue weighted by atomic mass is 32.1. The molecular weight excluding hydrogens is 312 g/mol. The van der Waals surface area contributed by atoms with E-state index in [4.69, 9.17) is 0 Å². The summed E-state index contributed by atoms with van der Waals surface area (Å²) in [4.78, 5) is 20.4. The Kier molecular flexibility index (Phi) is 3.32. The van der Waals surface area contributed by atoms with Gasteiger partial charge in [-0.2, -0.15) is 0 Å². The van der Waals surface area contributed by atoms with Crippen molar-refractivity contribution in [2.75, 3.05) is 4.90 Å². The topological polar surface area (TPSA) is 33.2 Å². The van der Waals surface area contributed by atoms with Crippen molar-refractivity contribution in [2.24, 2.45) is 0 Å². The van der Waals surface area contributed by atoms with Crippen LogP contribution in [0.25, 0.3) is 9.88 Å². The fourth-order valence-electron chi connectivity index (χ4n) is 2.88. The molecule has 0 spiro atoms. The number of rotatable bonds is 2. The van der Waals surface area contributed by atoms with Crippen LogP contribution >= 0.6 is 22.7 Å². The third-order valence-electron chi connectivity index (χ3n) is 3.88. The Hall–Kier alpha value is -1.98. The average molecular weight is 326 g/mol. The van der Waals surface area contributed by atoms with Crippen molar-refractivity contribution in [3.8, 4) is 9.88 Å². The quantitative estimate of drug-likeness (QED) is 0.696. The number of thiazole rings is 1. The van der Waals surface area contributed by atoms with Crippen LogP contribution in [0.15, 0.2) is 47.2 Å². The minimum absolute atomic E-state index is 0.00324. The van der Waals surface area contributed by atoms with E-state index >= 15 is 0 Å². The summed E-state index contributed by atoms with van der Waals surface area (Å²) in [5.41, 5.74) is 2.79. The van der Waals surface area contributed by atoms with Gasteiger partial charge in [-0.3, -0.25) is 4.79 Å². The van der Waals surface area contributed by atoms with Crippen LogP contribution in [0.1, 0.15) is 23.0 Å². The first-order valence-corrected chi connectivity index (χ1v) is 8.91. The Morgan fingerprint density at radius 2 is 2.09 bits per heavy atom. The largest absolute Gasteiger partial charge is 0.304 e. The van der Waals surface area contributed by atoms with Gasteiger partial charge in [0.1, 0.15) is 10.7 Å². The summed E-state index contributed by atoms with van der Waals surface area (Å²) in [5, 5.41) is 4.81. The monoisotopic (exact) mass is 326 g/mol. The van der Waals surface area contributed by atoms with E-state index in [0.29, 0.717) is 5.69 Å². The molecule has 0 saturated heterocycles. The van der Waals surface area contributed by atoms with Crippen LogP contribution in [-0.4, -0.2) is 16.9 Å². The van der Waals surface area contributed by atoms with Crippen molar-refractivity contribution >= 4 is 34.3 Å². The molecule has 0 radical (unpaired) electrons.